The number of ether oxygens (including phenoxy) is 2. The van der Waals surface area contributed by atoms with Crippen LogP contribution in [-0.2, 0) is 15.9 Å². The normalized spacial score (nSPS) is 9.50. The van der Waals surface area contributed by atoms with Crippen LogP contribution in [0.5, 0.6) is 0 Å². The van der Waals surface area contributed by atoms with Crippen molar-refractivity contribution in [3.05, 3.63) is 35.9 Å². The molecule has 14 heavy (non-hydrogen) atoms. The van der Waals surface area contributed by atoms with E-state index >= 15 is 0 Å². The van der Waals surface area contributed by atoms with Gasteiger partial charge in [-0.3, -0.25) is 0 Å². The predicted octanol–water partition coefficient (Wildman–Crippen LogP) is 2.40. The molecule has 3 heteroatoms. The maximum absolute atomic E-state index is 10.6. The summed E-state index contributed by atoms with van der Waals surface area (Å²) < 4.78 is 9.09. The van der Waals surface area contributed by atoms with E-state index in [9.17, 15) is 4.79 Å². The average molecular weight is 194 g/mol. The third-order valence-electron chi connectivity index (χ3n) is 1.84. The van der Waals surface area contributed by atoms with E-state index in [0.29, 0.717) is 6.61 Å². The predicted molar refractivity (Wildman–Crippen MR) is 53.1 cm³/mol. The first-order valence-electron chi connectivity index (χ1n) is 4.57. The molecular weight excluding hydrogens is 180 g/mol. The number of aryl methyl sites for hydroxylation is 1. The highest BCUT2D eigenvalue weighted by Crippen LogP contribution is 2.02. The van der Waals surface area contributed by atoms with Gasteiger partial charge in [-0.1, -0.05) is 30.3 Å². The molecule has 0 aliphatic carbocycles. The van der Waals surface area contributed by atoms with E-state index in [-0.39, 0.29) is 0 Å². The van der Waals surface area contributed by atoms with Gasteiger partial charge in [0.25, 0.3) is 0 Å². The zero-order valence-corrected chi connectivity index (χ0v) is 8.23. The molecule has 0 N–H and O–H groups in total. The molecule has 76 valence electrons. The molecule has 0 atom stereocenters. The smallest absolute Gasteiger partial charge is 0.438 e. The number of hydrogen-bond donors (Lipinski definition) is 0. The van der Waals surface area contributed by atoms with Gasteiger partial charge in [0.05, 0.1) is 13.7 Å². The Morgan fingerprint density at radius 1 is 1.29 bits per heavy atom. The second kappa shape index (κ2) is 6.02. The van der Waals surface area contributed by atoms with Crippen LogP contribution in [-0.4, -0.2) is 19.9 Å². The van der Waals surface area contributed by atoms with Crippen molar-refractivity contribution in [1.82, 2.24) is 0 Å². The molecule has 0 amide bonds. The molecule has 0 spiro atoms. The summed E-state index contributed by atoms with van der Waals surface area (Å²) in [6.45, 7) is 0.404. The van der Waals surface area contributed by atoms with Gasteiger partial charge < -0.3 is 9.47 Å². The van der Waals surface area contributed by atoms with Crippen LogP contribution < -0.4 is 0 Å². The van der Waals surface area contributed by atoms with Crippen molar-refractivity contribution in [2.75, 3.05) is 13.7 Å². The first kappa shape index (κ1) is 10.6. The van der Waals surface area contributed by atoms with Crippen molar-refractivity contribution in [3.63, 3.8) is 0 Å². The number of hydrogen-bond acceptors (Lipinski definition) is 3. The van der Waals surface area contributed by atoms with Crippen molar-refractivity contribution in [3.8, 4) is 0 Å². The Balaban J connectivity index is 2.13. The van der Waals surface area contributed by atoms with Gasteiger partial charge in [0.1, 0.15) is 0 Å². The fraction of sp³-hybridized carbons (Fsp3) is 0.364. The Hall–Kier alpha value is -1.51. The summed E-state index contributed by atoms with van der Waals surface area (Å²) in [5, 5.41) is 0. The summed E-state index contributed by atoms with van der Waals surface area (Å²) in [5.74, 6) is 0. The molecular formula is C11H14O3. The molecule has 0 aliphatic heterocycles. The number of methoxy groups -OCH3 is 1. The highest BCUT2D eigenvalue weighted by atomic mass is 16.7. The second-order valence-corrected chi connectivity index (χ2v) is 2.89. The molecule has 0 aromatic heterocycles. The molecule has 0 bridgehead atoms. The molecule has 0 saturated carbocycles. The van der Waals surface area contributed by atoms with Gasteiger partial charge in [0, 0.05) is 0 Å². The number of carbonyl (C=O) groups excluding carboxylic acids is 1. The van der Waals surface area contributed by atoms with E-state index in [1.165, 1.54) is 12.7 Å². The van der Waals surface area contributed by atoms with E-state index in [1.54, 1.807) is 0 Å². The highest BCUT2D eigenvalue weighted by Gasteiger charge is 1.99. The molecule has 1 rings (SSSR count). The third-order valence-corrected chi connectivity index (χ3v) is 1.84. The van der Waals surface area contributed by atoms with Crippen molar-refractivity contribution in [2.45, 2.75) is 12.8 Å². The lowest BCUT2D eigenvalue weighted by Gasteiger charge is -2.02. The van der Waals surface area contributed by atoms with Gasteiger partial charge >= 0.3 is 6.16 Å². The molecule has 0 fully saturated rings. The van der Waals surface area contributed by atoms with Crippen molar-refractivity contribution in [1.29, 1.82) is 0 Å². The van der Waals surface area contributed by atoms with Crippen LogP contribution >= 0.6 is 0 Å². The quantitative estimate of drug-likeness (QED) is 0.545. The van der Waals surface area contributed by atoms with Crippen LogP contribution in [0, 0.1) is 0 Å². The van der Waals surface area contributed by atoms with Crippen LogP contribution in [0.25, 0.3) is 0 Å². The van der Waals surface area contributed by atoms with E-state index in [2.05, 4.69) is 16.9 Å². The van der Waals surface area contributed by atoms with Crippen LogP contribution in [0.1, 0.15) is 12.0 Å². The van der Waals surface area contributed by atoms with Gasteiger partial charge in [-0.25, -0.2) is 4.79 Å². The standard InChI is InChI=1S/C11H14O3/c1-13-11(12)14-9-5-8-10-6-3-2-4-7-10/h2-4,6-7H,5,8-9H2,1H3. The third kappa shape index (κ3) is 3.94. The monoisotopic (exact) mass is 194 g/mol. The van der Waals surface area contributed by atoms with Crippen molar-refractivity contribution in [2.24, 2.45) is 0 Å². The molecule has 3 nitrogen and oxygen atoms in total. The molecule has 0 radical (unpaired) electrons. The Kier molecular flexibility index (Phi) is 4.55. The molecule has 0 unspecified atom stereocenters. The average Bonchev–Trinajstić information content (AvgIpc) is 2.25. The molecule has 0 heterocycles. The lowest BCUT2D eigenvalue weighted by molar-refractivity contribution is 0.0719. The van der Waals surface area contributed by atoms with Gasteiger partial charge in [-0.2, -0.15) is 0 Å². The lowest BCUT2D eigenvalue weighted by atomic mass is 10.1. The summed E-state index contributed by atoms with van der Waals surface area (Å²) in [6.07, 6.45) is 1.12. The van der Waals surface area contributed by atoms with Crippen molar-refractivity contribution < 1.29 is 14.3 Å². The summed E-state index contributed by atoms with van der Waals surface area (Å²) in [4.78, 5) is 10.6. The summed E-state index contributed by atoms with van der Waals surface area (Å²) in [5.41, 5.74) is 1.25. The Morgan fingerprint density at radius 3 is 2.64 bits per heavy atom. The molecule has 0 aliphatic rings. The SMILES string of the molecule is COC(=O)OCCCc1ccccc1. The number of carbonyl (C=O) groups is 1. The molecule has 0 saturated heterocycles. The zero-order valence-electron chi connectivity index (χ0n) is 8.23. The van der Waals surface area contributed by atoms with Gasteiger partial charge in [0.2, 0.25) is 0 Å². The van der Waals surface area contributed by atoms with Crippen LogP contribution in [0.2, 0.25) is 0 Å². The fourth-order valence-electron chi connectivity index (χ4n) is 1.14. The van der Waals surface area contributed by atoms with E-state index in [4.69, 9.17) is 4.74 Å². The fourth-order valence-corrected chi connectivity index (χ4v) is 1.14. The van der Waals surface area contributed by atoms with E-state index < -0.39 is 6.16 Å². The topological polar surface area (TPSA) is 35.5 Å². The minimum atomic E-state index is -0.613. The van der Waals surface area contributed by atoms with Crippen LogP contribution in [0.4, 0.5) is 4.79 Å². The molecule has 1 aromatic carbocycles. The number of benzene rings is 1. The Morgan fingerprint density at radius 2 is 2.00 bits per heavy atom. The lowest BCUT2D eigenvalue weighted by Crippen LogP contribution is -2.05. The van der Waals surface area contributed by atoms with Gasteiger partial charge in [-0.05, 0) is 18.4 Å². The maximum atomic E-state index is 10.6. The van der Waals surface area contributed by atoms with Crippen molar-refractivity contribution >= 4 is 6.16 Å². The minimum absolute atomic E-state index is 0.404. The minimum Gasteiger partial charge on any atom is -0.438 e. The Labute approximate surface area is 83.6 Å². The van der Waals surface area contributed by atoms with E-state index in [1.807, 2.05) is 18.2 Å². The molecule has 1 aromatic rings. The largest absolute Gasteiger partial charge is 0.507 e. The van der Waals surface area contributed by atoms with Gasteiger partial charge in [-0.15, -0.1) is 0 Å². The first-order valence-corrected chi connectivity index (χ1v) is 4.57. The maximum Gasteiger partial charge on any atom is 0.507 e. The second-order valence-electron chi connectivity index (χ2n) is 2.89. The Bertz CT molecular complexity index is 269. The summed E-state index contributed by atoms with van der Waals surface area (Å²) in [7, 11) is 1.31. The van der Waals surface area contributed by atoms with E-state index in [0.717, 1.165) is 12.8 Å². The van der Waals surface area contributed by atoms with Crippen LogP contribution in [0.15, 0.2) is 30.3 Å². The first-order chi connectivity index (χ1) is 6.83. The summed E-state index contributed by atoms with van der Waals surface area (Å²) >= 11 is 0. The van der Waals surface area contributed by atoms with Crippen LogP contribution in [0.3, 0.4) is 0 Å². The number of rotatable bonds is 4. The zero-order chi connectivity index (χ0) is 10.2. The van der Waals surface area contributed by atoms with Gasteiger partial charge in [0.15, 0.2) is 0 Å². The highest BCUT2D eigenvalue weighted by molar-refractivity contribution is 5.59. The summed E-state index contributed by atoms with van der Waals surface area (Å²) in [6, 6.07) is 10.1.